The second-order valence-electron chi connectivity index (χ2n) is 6.30. The fourth-order valence-corrected chi connectivity index (χ4v) is 4.28. The maximum absolute atomic E-state index is 11.0. The van der Waals surface area contributed by atoms with Crippen LogP contribution in [0.15, 0.2) is 35.2 Å². The summed E-state index contributed by atoms with van der Waals surface area (Å²) < 4.78 is 17.0. The van der Waals surface area contributed by atoms with Crippen LogP contribution < -0.4 is 4.74 Å². The Balaban J connectivity index is 2.26. The van der Waals surface area contributed by atoms with Gasteiger partial charge in [-0.2, -0.15) is 0 Å². The van der Waals surface area contributed by atoms with E-state index in [1.807, 2.05) is 45.9 Å². The van der Waals surface area contributed by atoms with Gasteiger partial charge in [0.2, 0.25) is 0 Å². The third-order valence-corrected chi connectivity index (χ3v) is 6.10. The molecule has 7 heteroatoms. The quantitative estimate of drug-likeness (QED) is 0.473. The van der Waals surface area contributed by atoms with E-state index in [0.717, 1.165) is 33.3 Å². The van der Waals surface area contributed by atoms with Crippen molar-refractivity contribution in [3.05, 3.63) is 47.0 Å². The van der Waals surface area contributed by atoms with Crippen molar-refractivity contribution < 1.29 is 24.2 Å². The molecule has 3 N–H and O–H groups in total. The molecule has 0 aliphatic rings. The highest BCUT2D eigenvalue weighted by atomic mass is 32.2. The topological polar surface area (TPSA) is 87.0 Å². The molecule has 2 rings (SSSR count). The summed E-state index contributed by atoms with van der Waals surface area (Å²) >= 11 is 1.13. The largest absolute Gasteiger partial charge is 0.508 e. The minimum atomic E-state index is -4.04. The average Bonchev–Trinajstić information content (AvgIpc) is 2.49. The molecule has 0 unspecified atom stereocenters. The lowest BCUT2D eigenvalue weighted by atomic mass is 10.0. The van der Waals surface area contributed by atoms with E-state index < -0.39 is 7.60 Å². The van der Waals surface area contributed by atoms with Gasteiger partial charge in [0.15, 0.2) is 0 Å². The first-order valence-electron chi connectivity index (χ1n) is 7.86. The van der Waals surface area contributed by atoms with Gasteiger partial charge in [-0.3, -0.25) is 4.57 Å². The number of phenols is 1. The van der Waals surface area contributed by atoms with Crippen molar-refractivity contribution in [3.63, 3.8) is 0 Å². The third-order valence-electron chi connectivity index (χ3n) is 3.67. The van der Waals surface area contributed by atoms with Crippen molar-refractivity contribution in [1.29, 1.82) is 0 Å². The first kappa shape index (κ1) is 19.9. The molecule has 0 aliphatic carbocycles. The van der Waals surface area contributed by atoms with Crippen LogP contribution >= 0.6 is 19.4 Å². The molecule has 0 saturated carbocycles. The van der Waals surface area contributed by atoms with Crippen molar-refractivity contribution in [2.45, 2.75) is 38.5 Å². The van der Waals surface area contributed by atoms with Gasteiger partial charge in [-0.1, -0.05) is 13.8 Å². The van der Waals surface area contributed by atoms with Crippen molar-refractivity contribution in [3.8, 4) is 17.2 Å². The van der Waals surface area contributed by atoms with Gasteiger partial charge in [-0.15, -0.1) is 11.8 Å². The molecule has 0 atom stereocenters. The summed E-state index contributed by atoms with van der Waals surface area (Å²) in [4.78, 5) is 18.8. The molecule has 0 aliphatic heterocycles. The number of benzene rings is 2. The van der Waals surface area contributed by atoms with Crippen molar-refractivity contribution >= 4 is 19.4 Å². The van der Waals surface area contributed by atoms with Gasteiger partial charge in [-0.25, -0.2) is 0 Å². The second-order valence-corrected chi connectivity index (χ2v) is 9.42. The van der Waals surface area contributed by atoms with Gasteiger partial charge in [0, 0.05) is 10.5 Å². The van der Waals surface area contributed by atoms with Crippen LogP contribution in [0, 0.1) is 13.8 Å². The van der Waals surface area contributed by atoms with Gasteiger partial charge in [-0.05, 0) is 61.2 Å². The SMILES string of the molecule is Cc1cc(SCP(=O)(O)O)cc(C)c1Oc1ccc(O)c(C(C)C)c1. The average molecular weight is 382 g/mol. The Hall–Kier alpha value is -1.46. The molecule has 2 aromatic rings. The fourth-order valence-electron chi connectivity index (χ4n) is 2.49. The van der Waals surface area contributed by atoms with E-state index in [1.54, 1.807) is 12.1 Å². The van der Waals surface area contributed by atoms with Crippen LogP contribution in [0.5, 0.6) is 17.2 Å². The van der Waals surface area contributed by atoms with E-state index in [0.29, 0.717) is 11.5 Å². The number of aromatic hydroxyl groups is 1. The highest BCUT2D eigenvalue weighted by Crippen LogP contribution is 2.43. The fraction of sp³-hybridized carbons (Fsp3) is 0.333. The molecule has 0 heterocycles. The Kier molecular flexibility index (Phi) is 6.22. The Morgan fingerprint density at radius 3 is 2.24 bits per heavy atom. The molecule has 0 bridgehead atoms. The minimum Gasteiger partial charge on any atom is -0.508 e. The van der Waals surface area contributed by atoms with Crippen LogP contribution in [-0.4, -0.2) is 20.4 Å². The summed E-state index contributed by atoms with van der Waals surface area (Å²) in [5.41, 5.74) is 2.34. The van der Waals surface area contributed by atoms with Crippen molar-refractivity contribution in [2.24, 2.45) is 0 Å². The monoisotopic (exact) mass is 382 g/mol. The number of ether oxygens (including phenoxy) is 1. The molecule has 0 radical (unpaired) electrons. The number of hydrogen-bond donors (Lipinski definition) is 3. The van der Waals surface area contributed by atoms with Crippen molar-refractivity contribution in [2.75, 3.05) is 5.49 Å². The van der Waals surface area contributed by atoms with Crippen molar-refractivity contribution in [1.82, 2.24) is 0 Å². The first-order chi connectivity index (χ1) is 11.6. The van der Waals surface area contributed by atoms with E-state index in [4.69, 9.17) is 14.5 Å². The number of rotatable bonds is 6. The summed E-state index contributed by atoms with van der Waals surface area (Å²) in [6.07, 6.45) is 0. The zero-order valence-corrected chi connectivity index (χ0v) is 16.4. The van der Waals surface area contributed by atoms with E-state index in [2.05, 4.69) is 0 Å². The van der Waals surface area contributed by atoms with Crippen LogP contribution in [0.1, 0.15) is 36.5 Å². The van der Waals surface area contributed by atoms with Crippen LogP contribution in [-0.2, 0) is 4.57 Å². The Morgan fingerprint density at radius 1 is 1.12 bits per heavy atom. The van der Waals surface area contributed by atoms with Gasteiger partial charge in [0.25, 0.3) is 0 Å². The van der Waals surface area contributed by atoms with E-state index in [1.165, 1.54) is 0 Å². The molecule has 0 amide bonds. The molecule has 2 aromatic carbocycles. The molecule has 0 spiro atoms. The number of hydrogen-bond acceptors (Lipinski definition) is 4. The van der Waals surface area contributed by atoms with E-state index in [9.17, 15) is 9.67 Å². The van der Waals surface area contributed by atoms with E-state index in [-0.39, 0.29) is 17.2 Å². The predicted molar refractivity (Wildman–Crippen MR) is 101 cm³/mol. The molecule has 5 nitrogen and oxygen atoms in total. The van der Waals surface area contributed by atoms with Crippen LogP contribution in [0.3, 0.4) is 0 Å². The zero-order valence-electron chi connectivity index (χ0n) is 14.7. The number of aryl methyl sites for hydroxylation is 2. The molecule has 0 fully saturated rings. The normalized spacial score (nSPS) is 11.8. The van der Waals surface area contributed by atoms with Crippen LogP contribution in [0.25, 0.3) is 0 Å². The Morgan fingerprint density at radius 2 is 1.72 bits per heavy atom. The van der Waals surface area contributed by atoms with Gasteiger partial charge < -0.3 is 19.6 Å². The Bertz CT molecular complexity index is 790. The number of phenolic OH excluding ortho intramolecular Hbond substituents is 1. The molecule has 136 valence electrons. The molecule has 0 aromatic heterocycles. The lowest BCUT2D eigenvalue weighted by Gasteiger charge is -2.16. The summed E-state index contributed by atoms with van der Waals surface area (Å²) in [7, 11) is -4.04. The third kappa shape index (κ3) is 5.51. The highest BCUT2D eigenvalue weighted by molar-refractivity contribution is 8.04. The maximum Gasteiger partial charge on any atom is 0.335 e. The number of thioether (sulfide) groups is 1. The van der Waals surface area contributed by atoms with Gasteiger partial charge >= 0.3 is 7.60 Å². The van der Waals surface area contributed by atoms with Crippen LogP contribution in [0.4, 0.5) is 0 Å². The second kappa shape index (κ2) is 7.83. The van der Waals surface area contributed by atoms with Gasteiger partial charge in [0.1, 0.15) is 22.7 Å². The summed E-state index contributed by atoms with van der Waals surface area (Å²) in [5.74, 6) is 1.78. The first-order valence-corrected chi connectivity index (χ1v) is 10.6. The lowest BCUT2D eigenvalue weighted by Crippen LogP contribution is -1.95. The standard InChI is InChI=1S/C18H23O5PS/c1-11(2)16-9-14(5-6-17(16)19)23-18-12(3)7-15(8-13(18)4)25-10-24(20,21)22/h5-9,11,19H,10H2,1-4H3,(H2,20,21,22). The minimum absolute atomic E-state index is 0.178. The lowest BCUT2D eigenvalue weighted by molar-refractivity contribution is 0.379. The molecular weight excluding hydrogens is 359 g/mol. The van der Waals surface area contributed by atoms with Crippen LogP contribution in [0.2, 0.25) is 0 Å². The molecule has 0 saturated heterocycles. The van der Waals surface area contributed by atoms with E-state index >= 15 is 0 Å². The Labute approximate surface area is 152 Å². The summed E-state index contributed by atoms with van der Waals surface area (Å²) in [6, 6.07) is 8.88. The summed E-state index contributed by atoms with van der Waals surface area (Å²) in [5, 5.41) is 9.92. The predicted octanol–water partition coefficient (Wildman–Crippen LogP) is 5.15. The molecular formula is C18H23O5PS. The summed E-state index contributed by atoms with van der Waals surface area (Å²) in [6.45, 7) is 7.80. The highest BCUT2D eigenvalue weighted by Gasteiger charge is 2.15. The maximum atomic E-state index is 11.0. The molecule has 25 heavy (non-hydrogen) atoms. The smallest absolute Gasteiger partial charge is 0.335 e. The zero-order chi connectivity index (χ0) is 18.8. The van der Waals surface area contributed by atoms with Gasteiger partial charge in [0.05, 0.1) is 0 Å².